The highest BCUT2D eigenvalue weighted by Crippen LogP contribution is 2.30. The van der Waals surface area contributed by atoms with Crippen LogP contribution in [-0.2, 0) is 14.3 Å². The number of ether oxygens (including phenoxy) is 1. The first kappa shape index (κ1) is 16.3. The highest BCUT2D eigenvalue weighted by Gasteiger charge is 2.44. The predicted molar refractivity (Wildman–Crippen MR) is 80.8 cm³/mol. The van der Waals surface area contributed by atoms with Crippen LogP contribution in [0.3, 0.4) is 0 Å². The van der Waals surface area contributed by atoms with Gasteiger partial charge < -0.3 is 15.0 Å². The first-order valence-corrected chi connectivity index (χ1v) is 8.21. The summed E-state index contributed by atoms with van der Waals surface area (Å²) < 4.78 is 5.24. The molecular formula is C16H28N2O3. The number of nitrogens with one attached hydrogen (secondary N) is 1. The van der Waals surface area contributed by atoms with E-state index in [1.54, 1.807) is 12.0 Å². The summed E-state index contributed by atoms with van der Waals surface area (Å²) in [5.74, 6) is 0.350. The Balaban J connectivity index is 2.17. The summed E-state index contributed by atoms with van der Waals surface area (Å²) in [6.45, 7) is 4.33. The molecule has 1 saturated carbocycles. The van der Waals surface area contributed by atoms with Gasteiger partial charge in [0.05, 0.1) is 12.6 Å². The fraction of sp³-hybridized carbons (Fsp3) is 0.875. The Morgan fingerprint density at radius 3 is 2.52 bits per heavy atom. The van der Waals surface area contributed by atoms with E-state index in [1.165, 1.54) is 6.42 Å². The number of methoxy groups -OCH3 is 1. The Kier molecular flexibility index (Phi) is 5.62. The molecule has 0 aromatic heterocycles. The second kappa shape index (κ2) is 7.25. The van der Waals surface area contributed by atoms with Crippen LogP contribution >= 0.6 is 0 Å². The summed E-state index contributed by atoms with van der Waals surface area (Å²) in [6, 6.07) is -0.757. The third-order valence-electron chi connectivity index (χ3n) is 4.96. The number of rotatable bonds is 5. The van der Waals surface area contributed by atoms with Gasteiger partial charge in [-0.25, -0.2) is 0 Å². The fourth-order valence-corrected chi connectivity index (χ4v) is 3.68. The molecule has 2 rings (SSSR count). The maximum Gasteiger partial charge on any atom is 0.246 e. The normalized spacial score (nSPS) is 29.4. The van der Waals surface area contributed by atoms with Crippen molar-refractivity contribution in [1.82, 2.24) is 10.2 Å². The van der Waals surface area contributed by atoms with Crippen molar-refractivity contribution in [2.24, 2.45) is 5.92 Å². The largest absolute Gasteiger partial charge is 0.383 e. The van der Waals surface area contributed by atoms with Crippen molar-refractivity contribution in [1.29, 1.82) is 0 Å². The lowest BCUT2D eigenvalue weighted by molar-refractivity contribution is -0.154. The van der Waals surface area contributed by atoms with Crippen LogP contribution in [0.1, 0.15) is 52.4 Å². The van der Waals surface area contributed by atoms with Crippen molar-refractivity contribution < 1.29 is 14.3 Å². The zero-order valence-corrected chi connectivity index (χ0v) is 13.4. The lowest BCUT2D eigenvalue weighted by Gasteiger charge is -2.44. The molecule has 0 aromatic rings. The fourth-order valence-electron chi connectivity index (χ4n) is 3.68. The summed E-state index contributed by atoms with van der Waals surface area (Å²) in [5.41, 5.74) is 0. The minimum Gasteiger partial charge on any atom is -0.383 e. The molecule has 1 saturated heterocycles. The van der Waals surface area contributed by atoms with E-state index in [4.69, 9.17) is 4.74 Å². The molecule has 5 heteroatoms. The molecule has 21 heavy (non-hydrogen) atoms. The summed E-state index contributed by atoms with van der Waals surface area (Å²) >= 11 is 0. The average molecular weight is 296 g/mol. The summed E-state index contributed by atoms with van der Waals surface area (Å²) in [4.78, 5) is 27.0. The van der Waals surface area contributed by atoms with Crippen LogP contribution < -0.4 is 5.32 Å². The van der Waals surface area contributed by atoms with E-state index in [1.807, 2.05) is 13.8 Å². The highest BCUT2D eigenvalue weighted by atomic mass is 16.5. The molecule has 1 heterocycles. The molecule has 0 bridgehead atoms. The van der Waals surface area contributed by atoms with Gasteiger partial charge in [-0.1, -0.05) is 26.2 Å². The van der Waals surface area contributed by atoms with Crippen molar-refractivity contribution in [3.63, 3.8) is 0 Å². The third kappa shape index (κ3) is 3.39. The van der Waals surface area contributed by atoms with Crippen LogP contribution in [-0.4, -0.2) is 48.6 Å². The standard InChI is InChI=1S/C16H28N2O3/c1-4-13(10-21-3)18-11(2)15(19)17-14(16(18)20)12-8-6-5-7-9-12/h11-14H,4-10H2,1-3H3,(H,17,19). The van der Waals surface area contributed by atoms with Gasteiger partial charge in [-0.05, 0) is 32.1 Å². The van der Waals surface area contributed by atoms with Crippen LogP contribution in [0.5, 0.6) is 0 Å². The number of hydrogen-bond acceptors (Lipinski definition) is 3. The minimum atomic E-state index is -0.405. The molecule has 0 radical (unpaired) electrons. The molecule has 0 spiro atoms. The maximum absolute atomic E-state index is 12.9. The van der Waals surface area contributed by atoms with Gasteiger partial charge in [0, 0.05) is 7.11 Å². The number of hydrogen-bond donors (Lipinski definition) is 1. The monoisotopic (exact) mass is 296 g/mol. The van der Waals surface area contributed by atoms with Crippen LogP contribution in [0.15, 0.2) is 0 Å². The zero-order chi connectivity index (χ0) is 15.4. The first-order valence-electron chi connectivity index (χ1n) is 8.21. The molecule has 3 unspecified atom stereocenters. The van der Waals surface area contributed by atoms with Crippen molar-refractivity contribution >= 4 is 11.8 Å². The zero-order valence-electron chi connectivity index (χ0n) is 13.4. The molecule has 0 aromatic carbocycles. The van der Waals surface area contributed by atoms with E-state index < -0.39 is 6.04 Å². The van der Waals surface area contributed by atoms with Gasteiger partial charge in [-0.15, -0.1) is 0 Å². The van der Waals surface area contributed by atoms with Crippen LogP contribution in [0, 0.1) is 5.92 Å². The molecule has 1 aliphatic heterocycles. The summed E-state index contributed by atoms with van der Waals surface area (Å²) in [6.07, 6.45) is 6.45. The Bertz CT molecular complexity index is 380. The number of amides is 2. The number of nitrogens with zero attached hydrogens (tertiary/aromatic N) is 1. The van der Waals surface area contributed by atoms with Gasteiger partial charge in [-0.3, -0.25) is 9.59 Å². The van der Waals surface area contributed by atoms with E-state index >= 15 is 0 Å². The minimum absolute atomic E-state index is 0.0189. The van der Waals surface area contributed by atoms with E-state index in [0.717, 1.165) is 32.1 Å². The second-order valence-corrected chi connectivity index (χ2v) is 6.32. The lowest BCUT2D eigenvalue weighted by atomic mass is 9.82. The van der Waals surface area contributed by atoms with Crippen molar-refractivity contribution in [2.75, 3.05) is 13.7 Å². The highest BCUT2D eigenvalue weighted by molar-refractivity contribution is 5.97. The lowest BCUT2D eigenvalue weighted by Crippen LogP contribution is -2.67. The van der Waals surface area contributed by atoms with Crippen molar-refractivity contribution in [3.8, 4) is 0 Å². The molecule has 2 fully saturated rings. The van der Waals surface area contributed by atoms with Crippen LogP contribution in [0.4, 0.5) is 0 Å². The Morgan fingerprint density at radius 2 is 1.95 bits per heavy atom. The molecule has 2 amide bonds. The SMILES string of the molecule is CCC(COC)N1C(=O)C(C2CCCCC2)NC(=O)C1C. The summed E-state index contributed by atoms with van der Waals surface area (Å²) in [7, 11) is 1.64. The van der Waals surface area contributed by atoms with Crippen LogP contribution in [0.2, 0.25) is 0 Å². The Morgan fingerprint density at radius 1 is 1.29 bits per heavy atom. The predicted octanol–water partition coefficient (Wildman–Crippen LogP) is 1.71. The Hall–Kier alpha value is -1.10. The van der Waals surface area contributed by atoms with Gasteiger partial charge >= 0.3 is 0 Å². The van der Waals surface area contributed by atoms with Gasteiger partial charge in [0.25, 0.3) is 0 Å². The number of carbonyl (C=O) groups excluding carboxylic acids is 2. The molecule has 1 aliphatic carbocycles. The third-order valence-corrected chi connectivity index (χ3v) is 4.96. The summed E-state index contributed by atoms with van der Waals surface area (Å²) in [5, 5.41) is 2.97. The Labute approximate surface area is 127 Å². The second-order valence-electron chi connectivity index (χ2n) is 6.32. The molecular weight excluding hydrogens is 268 g/mol. The van der Waals surface area contributed by atoms with E-state index in [2.05, 4.69) is 5.32 Å². The van der Waals surface area contributed by atoms with Crippen molar-refractivity contribution in [2.45, 2.75) is 70.5 Å². The number of piperazine rings is 1. The van der Waals surface area contributed by atoms with Gasteiger partial charge in [-0.2, -0.15) is 0 Å². The van der Waals surface area contributed by atoms with Gasteiger partial charge in [0.1, 0.15) is 12.1 Å². The van der Waals surface area contributed by atoms with E-state index in [-0.39, 0.29) is 23.9 Å². The molecule has 2 aliphatic rings. The smallest absolute Gasteiger partial charge is 0.246 e. The molecule has 1 N–H and O–H groups in total. The van der Waals surface area contributed by atoms with E-state index in [9.17, 15) is 9.59 Å². The molecule has 5 nitrogen and oxygen atoms in total. The van der Waals surface area contributed by atoms with Gasteiger partial charge in [0.15, 0.2) is 0 Å². The van der Waals surface area contributed by atoms with Crippen LogP contribution in [0.25, 0.3) is 0 Å². The molecule has 3 atom stereocenters. The first-order chi connectivity index (χ1) is 10.1. The topological polar surface area (TPSA) is 58.6 Å². The van der Waals surface area contributed by atoms with Crippen molar-refractivity contribution in [3.05, 3.63) is 0 Å². The average Bonchev–Trinajstić information content (AvgIpc) is 2.51. The van der Waals surface area contributed by atoms with Gasteiger partial charge in [0.2, 0.25) is 11.8 Å². The number of carbonyl (C=O) groups is 2. The maximum atomic E-state index is 12.9. The molecule has 120 valence electrons. The van der Waals surface area contributed by atoms with E-state index in [0.29, 0.717) is 12.5 Å². The quantitative estimate of drug-likeness (QED) is 0.840.